The smallest absolute Gasteiger partial charge is 0.338 e. The van der Waals surface area contributed by atoms with Crippen LogP contribution in [0.25, 0.3) is 0 Å². The van der Waals surface area contributed by atoms with Gasteiger partial charge in [0.05, 0.1) is 19.8 Å². The number of ether oxygens (including phenoxy) is 3. The number of benzene rings is 2. The SMILES string of the molecule is COc1ccc(C(=O)OCC(=O)N(C)Cc2ccc(C)cc2)cc1OC. The fraction of sp³-hybridized carbons (Fsp3) is 0.300. The minimum Gasteiger partial charge on any atom is -0.493 e. The number of rotatable bonds is 7. The number of esters is 1. The summed E-state index contributed by atoms with van der Waals surface area (Å²) in [4.78, 5) is 25.8. The molecule has 0 heterocycles. The van der Waals surface area contributed by atoms with Crippen molar-refractivity contribution in [3.63, 3.8) is 0 Å². The van der Waals surface area contributed by atoms with Gasteiger partial charge in [-0.2, -0.15) is 0 Å². The van der Waals surface area contributed by atoms with Crippen LogP contribution >= 0.6 is 0 Å². The highest BCUT2D eigenvalue weighted by Gasteiger charge is 2.15. The molecule has 1 amide bonds. The molecule has 0 aliphatic rings. The van der Waals surface area contributed by atoms with Crippen molar-refractivity contribution in [2.75, 3.05) is 27.9 Å². The summed E-state index contributed by atoms with van der Waals surface area (Å²) in [6.45, 7) is 2.13. The highest BCUT2D eigenvalue weighted by molar-refractivity contribution is 5.92. The average Bonchev–Trinajstić information content (AvgIpc) is 2.66. The molecule has 0 aliphatic heterocycles. The summed E-state index contributed by atoms with van der Waals surface area (Å²) in [5.41, 5.74) is 2.46. The Morgan fingerprint density at radius 3 is 2.23 bits per heavy atom. The van der Waals surface area contributed by atoms with Gasteiger partial charge in [0.15, 0.2) is 18.1 Å². The number of hydrogen-bond donors (Lipinski definition) is 0. The molecule has 2 rings (SSSR count). The third-order valence-electron chi connectivity index (χ3n) is 3.91. The van der Waals surface area contributed by atoms with Gasteiger partial charge in [0, 0.05) is 13.6 Å². The number of methoxy groups -OCH3 is 2. The average molecular weight is 357 g/mol. The quantitative estimate of drug-likeness (QED) is 0.713. The molecule has 6 nitrogen and oxygen atoms in total. The Balaban J connectivity index is 1.91. The Kier molecular flexibility index (Phi) is 6.60. The summed E-state index contributed by atoms with van der Waals surface area (Å²) in [5, 5.41) is 0. The third kappa shape index (κ3) is 4.99. The van der Waals surface area contributed by atoms with E-state index in [0.717, 1.165) is 11.1 Å². The lowest BCUT2D eigenvalue weighted by molar-refractivity contribution is -0.133. The first-order chi connectivity index (χ1) is 12.4. The zero-order chi connectivity index (χ0) is 19.1. The molecule has 0 saturated heterocycles. The van der Waals surface area contributed by atoms with Gasteiger partial charge in [-0.15, -0.1) is 0 Å². The molecule has 26 heavy (non-hydrogen) atoms. The first kappa shape index (κ1) is 19.3. The Hall–Kier alpha value is -3.02. The van der Waals surface area contributed by atoms with Gasteiger partial charge in [0.25, 0.3) is 5.91 Å². The maximum absolute atomic E-state index is 12.2. The molecule has 0 radical (unpaired) electrons. The molecular formula is C20H23NO5. The maximum Gasteiger partial charge on any atom is 0.338 e. The Bertz CT molecular complexity index is 770. The Labute approximate surface area is 153 Å². The van der Waals surface area contributed by atoms with Gasteiger partial charge in [0.1, 0.15) is 0 Å². The van der Waals surface area contributed by atoms with Crippen LogP contribution < -0.4 is 9.47 Å². The number of carbonyl (C=O) groups excluding carboxylic acids is 2. The number of carbonyl (C=O) groups is 2. The lowest BCUT2D eigenvalue weighted by Gasteiger charge is -2.17. The van der Waals surface area contributed by atoms with E-state index < -0.39 is 5.97 Å². The molecule has 0 saturated carbocycles. The molecule has 0 fully saturated rings. The second-order valence-corrected chi connectivity index (χ2v) is 5.88. The van der Waals surface area contributed by atoms with Crippen molar-refractivity contribution in [1.29, 1.82) is 0 Å². The van der Waals surface area contributed by atoms with Gasteiger partial charge < -0.3 is 19.1 Å². The van der Waals surface area contributed by atoms with Crippen molar-refractivity contribution >= 4 is 11.9 Å². The molecule has 2 aromatic rings. The van der Waals surface area contributed by atoms with Gasteiger partial charge in [-0.1, -0.05) is 29.8 Å². The monoisotopic (exact) mass is 357 g/mol. The molecule has 0 unspecified atom stereocenters. The van der Waals surface area contributed by atoms with Gasteiger partial charge in [-0.25, -0.2) is 4.79 Å². The normalized spacial score (nSPS) is 10.2. The predicted octanol–water partition coefficient (Wildman–Crippen LogP) is 2.83. The van der Waals surface area contributed by atoms with Crippen LogP contribution in [-0.4, -0.2) is 44.7 Å². The number of nitrogens with zero attached hydrogens (tertiary/aromatic N) is 1. The maximum atomic E-state index is 12.2. The highest BCUT2D eigenvalue weighted by Crippen LogP contribution is 2.27. The zero-order valence-electron chi connectivity index (χ0n) is 15.4. The van der Waals surface area contributed by atoms with Crippen molar-refractivity contribution in [2.24, 2.45) is 0 Å². The van der Waals surface area contributed by atoms with E-state index in [4.69, 9.17) is 14.2 Å². The van der Waals surface area contributed by atoms with Crippen LogP contribution in [0.15, 0.2) is 42.5 Å². The van der Waals surface area contributed by atoms with Crippen LogP contribution in [0.3, 0.4) is 0 Å². The molecule has 2 aromatic carbocycles. The lowest BCUT2D eigenvalue weighted by Crippen LogP contribution is -2.30. The highest BCUT2D eigenvalue weighted by atomic mass is 16.5. The topological polar surface area (TPSA) is 65.1 Å². The van der Waals surface area contributed by atoms with Crippen molar-refractivity contribution < 1.29 is 23.8 Å². The van der Waals surface area contributed by atoms with Gasteiger partial charge in [-0.05, 0) is 30.7 Å². The molecule has 0 spiro atoms. The van der Waals surface area contributed by atoms with Crippen molar-refractivity contribution in [3.05, 3.63) is 59.2 Å². The minimum atomic E-state index is -0.594. The molecular weight excluding hydrogens is 334 g/mol. The van der Waals surface area contributed by atoms with Gasteiger partial charge in [0.2, 0.25) is 0 Å². The molecule has 0 N–H and O–H groups in total. The van der Waals surface area contributed by atoms with Crippen LogP contribution in [0.5, 0.6) is 11.5 Å². The second kappa shape index (κ2) is 8.89. The Morgan fingerprint density at radius 1 is 0.962 bits per heavy atom. The van der Waals surface area contributed by atoms with E-state index in [2.05, 4.69) is 0 Å². The zero-order valence-corrected chi connectivity index (χ0v) is 15.4. The third-order valence-corrected chi connectivity index (χ3v) is 3.91. The lowest BCUT2D eigenvalue weighted by atomic mass is 10.1. The molecule has 6 heteroatoms. The van der Waals surface area contributed by atoms with Gasteiger partial charge in [-0.3, -0.25) is 4.79 Å². The second-order valence-electron chi connectivity index (χ2n) is 5.88. The number of amides is 1. The number of aryl methyl sites for hydroxylation is 1. The van der Waals surface area contributed by atoms with Crippen LogP contribution in [0.4, 0.5) is 0 Å². The van der Waals surface area contributed by atoms with Crippen molar-refractivity contribution in [1.82, 2.24) is 4.90 Å². The van der Waals surface area contributed by atoms with E-state index >= 15 is 0 Å². The van der Waals surface area contributed by atoms with Crippen LogP contribution in [0.2, 0.25) is 0 Å². The van der Waals surface area contributed by atoms with Crippen LogP contribution in [-0.2, 0) is 16.1 Å². The molecule has 0 aromatic heterocycles. The minimum absolute atomic E-state index is 0.278. The molecule has 0 bridgehead atoms. The molecule has 0 atom stereocenters. The van der Waals surface area contributed by atoms with Crippen molar-refractivity contribution in [3.8, 4) is 11.5 Å². The predicted molar refractivity (Wildman–Crippen MR) is 97.5 cm³/mol. The van der Waals surface area contributed by atoms with Crippen LogP contribution in [0, 0.1) is 6.92 Å². The summed E-state index contributed by atoms with van der Waals surface area (Å²) in [7, 11) is 4.67. The van der Waals surface area contributed by atoms with E-state index in [-0.39, 0.29) is 18.1 Å². The Morgan fingerprint density at radius 2 is 1.62 bits per heavy atom. The van der Waals surface area contributed by atoms with E-state index in [1.54, 1.807) is 19.2 Å². The van der Waals surface area contributed by atoms with E-state index in [1.165, 1.54) is 25.2 Å². The van der Waals surface area contributed by atoms with E-state index in [9.17, 15) is 9.59 Å². The summed E-state index contributed by atoms with van der Waals surface area (Å²) in [6.07, 6.45) is 0. The molecule has 0 aliphatic carbocycles. The fourth-order valence-corrected chi connectivity index (χ4v) is 2.34. The van der Waals surface area contributed by atoms with E-state index in [0.29, 0.717) is 18.0 Å². The first-order valence-electron chi connectivity index (χ1n) is 8.13. The van der Waals surface area contributed by atoms with Crippen LogP contribution in [0.1, 0.15) is 21.5 Å². The number of likely N-dealkylation sites (N-methyl/N-ethyl adjacent to an activating group) is 1. The summed E-state index contributed by atoms with van der Waals surface area (Å²) in [6, 6.07) is 12.6. The first-order valence-corrected chi connectivity index (χ1v) is 8.13. The largest absolute Gasteiger partial charge is 0.493 e. The standard InChI is InChI=1S/C20H23NO5/c1-14-5-7-15(8-6-14)12-21(2)19(22)13-26-20(23)16-9-10-17(24-3)18(11-16)25-4/h5-11H,12-13H2,1-4H3. The number of hydrogen-bond acceptors (Lipinski definition) is 5. The summed E-state index contributed by atoms with van der Waals surface area (Å²) >= 11 is 0. The van der Waals surface area contributed by atoms with E-state index in [1.807, 2.05) is 31.2 Å². The van der Waals surface area contributed by atoms with Crippen molar-refractivity contribution in [2.45, 2.75) is 13.5 Å². The van der Waals surface area contributed by atoms with Gasteiger partial charge >= 0.3 is 5.97 Å². The fourth-order valence-electron chi connectivity index (χ4n) is 2.34. The summed E-state index contributed by atoms with van der Waals surface area (Å²) < 4.78 is 15.4. The molecule has 138 valence electrons. The summed E-state index contributed by atoms with van der Waals surface area (Å²) in [5.74, 6) is 0.0603.